The second-order valence-corrected chi connectivity index (χ2v) is 8.65. The third-order valence-corrected chi connectivity index (χ3v) is 5.96. The number of aryl methyl sites for hydroxylation is 3. The standard InChI is InChI=1S/C29H29N3O5/c1-17-13-18(2)15-22(14-17)32-28(30-29(34)21-9-12-24(36-5)25(16-21)37-6)26(27(33)19(3)31-32)20-7-10-23(35-4)11-8-20/h7-16H,1-6H3,(H,30,34). The Kier molecular flexibility index (Phi) is 7.29. The molecule has 1 heterocycles. The van der Waals surface area contributed by atoms with E-state index in [4.69, 9.17) is 14.2 Å². The summed E-state index contributed by atoms with van der Waals surface area (Å²) in [4.78, 5) is 27.0. The number of rotatable bonds is 7. The highest BCUT2D eigenvalue weighted by Gasteiger charge is 2.22. The molecule has 3 aromatic carbocycles. The van der Waals surface area contributed by atoms with Crippen LogP contribution in [0.15, 0.2) is 65.5 Å². The van der Waals surface area contributed by atoms with Gasteiger partial charge in [0.05, 0.1) is 32.6 Å². The normalized spacial score (nSPS) is 10.6. The van der Waals surface area contributed by atoms with Crippen molar-refractivity contribution in [1.82, 2.24) is 9.78 Å². The molecule has 1 aromatic heterocycles. The zero-order valence-corrected chi connectivity index (χ0v) is 21.7. The van der Waals surface area contributed by atoms with E-state index in [9.17, 15) is 9.59 Å². The molecular weight excluding hydrogens is 470 g/mol. The molecule has 4 aromatic rings. The summed E-state index contributed by atoms with van der Waals surface area (Å²) in [6.45, 7) is 5.63. The summed E-state index contributed by atoms with van der Waals surface area (Å²) in [5, 5.41) is 7.52. The van der Waals surface area contributed by atoms with Crippen molar-refractivity contribution in [1.29, 1.82) is 0 Å². The van der Waals surface area contributed by atoms with E-state index in [1.807, 2.05) is 32.0 Å². The van der Waals surface area contributed by atoms with Crippen molar-refractivity contribution >= 4 is 11.7 Å². The molecule has 0 radical (unpaired) electrons. The van der Waals surface area contributed by atoms with Crippen LogP contribution in [0, 0.1) is 20.8 Å². The number of carbonyl (C=O) groups is 1. The lowest BCUT2D eigenvalue weighted by molar-refractivity contribution is 0.102. The third kappa shape index (κ3) is 5.18. The van der Waals surface area contributed by atoms with E-state index < -0.39 is 5.91 Å². The number of amides is 1. The number of anilines is 1. The first-order valence-corrected chi connectivity index (χ1v) is 11.7. The molecule has 0 spiro atoms. The van der Waals surface area contributed by atoms with Gasteiger partial charge in [-0.1, -0.05) is 18.2 Å². The number of hydrogen-bond donors (Lipinski definition) is 1. The number of benzene rings is 3. The molecular formula is C29H29N3O5. The quantitative estimate of drug-likeness (QED) is 0.380. The molecule has 0 fully saturated rings. The van der Waals surface area contributed by atoms with Crippen molar-refractivity contribution in [2.75, 3.05) is 26.6 Å². The molecule has 0 aliphatic heterocycles. The van der Waals surface area contributed by atoms with Crippen molar-refractivity contribution in [2.45, 2.75) is 20.8 Å². The zero-order chi connectivity index (χ0) is 26.7. The van der Waals surface area contributed by atoms with Gasteiger partial charge < -0.3 is 19.5 Å². The van der Waals surface area contributed by atoms with Crippen LogP contribution in [-0.2, 0) is 0 Å². The molecule has 0 aliphatic carbocycles. The molecule has 0 bridgehead atoms. The fraction of sp³-hybridized carbons (Fsp3) is 0.207. The highest BCUT2D eigenvalue weighted by atomic mass is 16.5. The Morgan fingerprint density at radius 1 is 0.811 bits per heavy atom. The molecule has 1 amide bonds. The molecule has 0 atom stereocenters. The lowest BCUT2D eigenvalue weighted by Gasteiger charge is -2.19. The highest BCUT2D eigenvalue weighted by molar-refractivity contribution is 6.06. The summed E-state index contributed by atoms with van der Waals surface area (Å²) in [5.41, 5.74) is 4.06. The number of aromatic nitrogens is 2. The molecule has 190 valence electrons. The molecule has 8 heteroatoms. The minimum atomic E-state index is -0.432. The van der Waals surface area contributed by atoms with E-state index in [0.29, 0.717) is 39.6 Å². The Balaban J connectivity index is 1.94. The van der Waals surface area contributed by atoms with Gasteiger partial charge in [-0.2, -0.15) is 5.10 Å². The Morgan fingerprint density at radius 2 is 1.46 bits per heavy atom. The van der Waals surface area contributed by atoms with Gasteiger partial charge in [-0.3, -0.25) is 9.59 Å². The Labute approximate surface area is 215 Å². The Morgan fingerprint density at radius 3 is 2.05 bits per heavy atom. The van der Waals surface area contributed by atoms with Gasteiger partial charge in [-0.05, 0) is 79.9 Å². The molecule has 1 N–H and O–H groups in total. The van der Waals surface area contributed by atoms with Gasteiger partial charge in [-0.25, -0.2) is 4.68 Å². The molecule has 0 saturated heterocycles. The van der Waals surface area contributed by atoms with Crippen molar-refractivity contribution < 1.29 is 19.0 Å². The summed E-state index contributed by atoms with van der Waals surface area (Å²) in [5.74, 6) is 1.39. The predicted molar refractivity (Wildman–Crippen MR) is 144 cm³/mol. The van der Waals surface area contributed by atoms with Gasteiger partial charge in [0.25, 0.3) is 5.91 Å². The third-order valence-electron chi connectivity index (χ3n) is 5.96. The van der Waals surface area contributed by atoms with Crippen LogP contribution in [0.25, 0.3) is 16.8 Å². The second kappa shape index (κ2) is 10.6. The summed E-state index contributed by atoms with van der Waals surface area (Å²) in [7, 11) is 4.61. The summed E-state index contributed by atoms with van der Waals surface area (Å²) >= 11 is 0. The van der Waals surface area contributed by atoms with Crippen molar-refractivity contribution in [3.8, 4) is 34.1 Å². The zero-order valence-electron chi connectivity index (χ0n) is 21.7. The first-order valence-electron chi connectivity index (χ1n) is 11.7. The molecule has 37 heavy (non-hydrogen) atoms. The molecule has 0 unspecified atom stereocenters. The first kappa shape index (κ1) is 25.5. The first-order chi connectivity index (χ1) is 17.7. The SMILES string of the molecule is COc1ccc(-c2c(NC(=O)c3ccc(OC)c(OC)c3)n(-c3cc(C)cc(C)c3)nc(C)c2=O)cc1. The van der Waals surface area contributed by atoms with Crippen LogP contribution in [0.4, 0.5) is 5.82 Å². The lowest BCUT2D eigenvalue weighted by atomic mass is 10.0. The fourth-order valence-corrected chi connectivity index (χ4v) is 4.20. The van der Waals surface area contributed by atoms with E-state index in [2.05, 4.69) is 10.4 Å². The predicted octanol–water partition coefficient (Wildman–Crippen LogP) is 5.10. The summed E-state index contributed by atoms with van der Waals surface area (Å²) < 4.78 is 17.5. The summed E-state index contributed by atoms with van der Waals surface area (Å²) in [6, 6.07) is 17.9. The van der Waals surface area contributed by atoms with Crippen LogP contribution in [0.3, 0.4) is 0 Å². The maximum absolute atomic E-state index is 13.5. The van der Waals surface area contributed by atoms with Crippen LogP contribution in [0.5, 0.6) is 17.2 Å². The highest BCUT2D eigenvalue weighted by Crippen LogP contribution is 2.31. The topological polar surface area (TPSA) is 91.7 Å². The van der Waals surface area contributed by atoms with Crippen molar-refractivity contribution in [3.63, 3.8) is 0 Å². The number of hydrogen-bond acceptors (Lipinski definition) is 6. The minimum absolute atomic E-state index is 0.255. The van der Waals surface area contributed by atoms with Gasteiger partial charge in [0, 0.05) is 5.56 Å². The van der Waals surface area contributed by atoms with Crippen molar-refractivity contribution in [3.05, 3.63) is 93.3 Å². The van der Waals surface area contributed by atoms with Gasteiger partial charge in [0.1, 0.15) is 17.3 Å². The fourth-order valence-electron chi connectivity index (χ4n) is 4.20. The van der Waals surface area contributed by atoms with Gasteiger partial charge in [-0.15, -0.1) is 0 Å². The van der Waals surface area contributed by atoms with E-state index in [-0.39, 0.29) is 11.2 Å². The van der Waals surface area contributed by atoms with Crippen molar-refractivity contribution in [2.24, 2.45) is 0 Å². The number of nitrogens with zero attached hydrogens (tertiary/aromatic N) is 2. The smallest absolute Gasteiger partial charge is 0.256 e. The number of carbonyl (C=O) groups excluding carboxylic acids is 1. The van der Waals surface area contributed by atoms with E-state index >= 15 is 0 Å². The van der Waals surface area contributed by atoms with Crippen LogP contribution in [0.1, 0.15) is 27.2 Å². The number of ether oxygens (including phenoxy) is 3. The monoisotopic (exact) mass is 499 g/mol. The average Bonchev–Trinajstić information content (AvgIpc) is 2.89. The van der Waals surface area contributed by atoms with Crippen LogP contribution < -0.4 is 25.0 Å². The van der Waals surface area contributed by atoms with Gasteiger partial charge in [0.15, 0.2) is 11.5 Å². The maximum atomic E-state index is 13.5. The number of nitrogens with one attached hydrogen (secondary N) is 1. The second-order valence-electron chi connectivity index (χ2n) is 8.65. The van der Waals surface area contributed by atoms with Gasteiger partial charge in [0.2, 0.25) is 5.43 Å². The Bertz CT molecular complexity index is 1500. The summed E-state index contributed by atoms with van der Waals surface area (Å²) in [6.07, 6.45) is 0. The number of methoxy groups -OCH3 is 3. The van der Waals surface area contributed by atoms with E-state index in [0.717, 1.165) is 16.8 Å². The van der Waals surface area contributed by atoms with Gasteiger partial charge >= 0.3 is 0 Å². The van der Waals surface area contributed by atoms with Crippen LogP contribution in [-0.4, -0.2) is 37.0 Å². The molecule has 4 rings (SSSR count). The minimum Gasteiger partial charge on any atom is -0.497 e. The lowest BCUT2D eigenvalue weighted by Crippen LogP contribution is -2.25. The molecule has 0 saturated carbocycles. The molecule has 0 aliphatic rings. The largest absolute Gasteiger partial charge is 0.497 e. The van der Waals surface area contributed by atoms with Crippen LogP contribution in [0.2, 0.25) is 0 Å². The average molecular weight is 500 g/mol. The van der Waals surface area contributed by atoms with E-state index in [1.54, 1.807) is 61.2 Å². The van der Waals surface area contributed by atoms with E-state index in [1.165, 1.54) is 14.2 Å². The molecule has 8 nitrogen and oxygen atoms in total. The van der Waals surface area contributed by atoms with Crippen LogP contribution >= 0.6 is 0 Å². The Hall–Kier alpha value is -4.59. The maximum Gasteiger partial charge on any atom is 0.256 e.